The number of ether oxygens (including phenoxy) is 2. The number of methoxy groups -OCH3 is 1. The summed E-state index contributed by atoms with van der Waals surface area (Å²) in [6.45, 7) is 8.09. The van der Waals surface area contributed by atoms with Gasteiger partial charge in [-0.15, -0.1) is 0 Å². The summed E-state index contributed by atoms with van der Waals surface area (Å²) < 4.78 is 15.9. The van der Waals surface area contributed by atoms with Crippen LogP contribution in [0.4, 0.5) is 4.79 Å². The third kappa shape index (κ3) is 6.01. The molecule has 1 amide bonds. The first-order valence-corrected chi connectivity index (χ1v) is 8.93. The fraction of sp³-hybridized carbons (Fsp3) is 0.778. The lowest BCUT2D eigenvalue weighted by atomic mass is 9.80. The van der Waals surface area contributed by atoms with Crippen LogP contribution in [0.1, 0.15) is 45.1 Å². The van der Waals surface area contributed by atoms with E-state index in [0.717, 1.165) is 25.0 Å². The van der Waals surface area contributed by atoms with Gasteiger partial charge < -0.3 is 24.6 Å². The molecule has 7 nitrogen and oxygen atoms in total. The van der Waals surface area contributed by atoms with Gasteiger partial charge in [0.25, 0.3) is 0 Å². The van der Waals surface area contributed by atoms with Crippen molar-refractivity contribution in [3.63, 3.8) is 0 Å². The van der Waals surface area contributed by atoms with Crippen molar-refractivity contribution < 1.29 is 18.8 Å². The highest BCUT2D eigenvalue weighted by Crippen LogP contribution is 2.30. The molecule has 2 rings (SSSR count). The zero-order chi connectivity index (χ0) is 18.4. The molecule has 1 aliphatic heterocycles. The number of likely N-dealkylation sites (tertiary alicyclic amines) is 1. The van der Waals surface area contributed by atoms with Crippen LogP contribution in [0.2, 0.25) is 0 Å². The number of piperidine rings is 1. The Balaban J connectivity index is 2.03. The Kier molecular flexibility index (Phi) is 6.84. The quantitative estimate of drug-likeness (QED) is 0.845. The van der Waals surface area contributed by atoms with E-state index < -0.39 is 5.60 Å². The third-order valence-electron chi connectivity index (χ3n) is 4.45. The first-order valence-electron chi connectivity index (χ1n) is 8.93. The monoisotopic (exact) mass is 353 g/mol. The molecule has 0 saturated carbocycles. The summed E-state index contributed by atoms with van der Waals surface area (Å²) in [5, 5.41) is 4.13. The number of carbonyl (C=O) groups is 1. The molecule has 0 aromatic carbocycles. The predicted molar refractivity (Wildman–Crippen MR) is 94.0 cm³/mol. The molecular weight excluding hydrogens is 322 g/mol. The first kappa shape index (κ1) is 19.7. The van der Waals surface area contributed by atoms with Crippen molar-refractivity contribution in [2.75, 3.05) is 26.7 Å². The highest BCUT2D eigenvalue weighted by molar-refractivity contribution is 5.68. The zero-order valence-corrected chi connectivity index (χ0v) is 15.8. The Labute approximate surface area is 149 Å². The molecule has 0 aliphatic carbocycles. The predicted octanol–water partition coefficient (Wildman–Crippen LogP) is 2.59. The van der Waals surface area contributed by atoms with Crippen LogP contribution in [0.15, 0.2) is 10.6 Å². The van der Waals surface area contributed by atoms with Gasteiger partial charge in [0.05, 0.1) is 5.69 Å². The summed E-state index contributed by atoms with van der Waals surface area (Å²) in [7, 11) is 1.62. The lowest BCUT2D eigenvalue weighted by molar-refractivity contribution is 0.00961. The van der Waals surface area contributed by atoms with Gasteiger partial charge in [-0.1, -0.05) is 5.16 Å². The standard InChI is InChI=1S/C18H31N3O4/c1-18(2,3)24-17(22)21-8-6-13(5-7-19)14(11-21)9-15-10-16(12-23-4)25-20-15/h10,13-14H,5-9,11-12,19H2,1-4H3. The van der Waals surface area contributed by atoms with E-state index in [1.807, 2.05) is 26.8 Å². The SMILES string of the molecule is COCc1cc(CC2CN(C(=O)OC(C)(C)C)CCC2CCN)no1. The second-order valence-electron chi connectivity index (χ2n) is 7.73. The van der Waals surface area contributed by atoms with E-state index in [2.05, 4.69) is 5.16 Å². The lowest BCUT2D eigenvalue weighted by Crippen LogP contribution is -2.46. The van der Waals surface area contributed by atoms with E-state index in [1.54, 1.807) is 12.0 Å². The molecule has 142 valence electrons. The van der Waals surface area contributed by atoms with Gasteiger partial charge in [-0.25, -0.2) is 4.79 Å². The van der Waals surface area contributed by atoms with E-state index in [1.165, 1.54) is 0 Å². The molecule has 2 atom stereocenters. The normalized spacial score (nSPS) is 21.4. The summed E-state index contributed by atoms with van der Waals surface area (Å²) in [6, 6.07) is 1.93. The molecule has 0 bridgehead atoms. The molecule has 1 aromatic heterocycles. The minimum absolute atomic E-state index is 0.246. The van der Waals surface area contributed by atoms with Crippen LogP contribution in [-0.4, -0.2) is 48.5 Å². The van der Waals surface area contributed by atoms with Crippen molar-refractivity contribution in [3.8, 4) is 0 Å². The van der Waals surface area contributed by atoms with Crippen LogP contribution in [0.25, 0.3) is 0 Å². The molecule has 7 heteroatoms. The van der Waals surface area contributed by atoms with Crippen molar-refractivity contribution in [2.24, 2.45) is 17.6 Å². The Bertz CT molecular complexity index is 553. The van der Waals surface area contributed by atoms with Crippen LogP contribution in [0.5, 0.6) is 0 Å². The number of rotatable bonds is 6. The fourth-order valence-electron chi connectivity index (χ4n) is 3.33. The molecule has 2 heterocycles. The van der Waals surface area contributed by atoms with Crippen LogP contribution in [0.3, 0.4) is 0 Å². The van der Waals surface area contributed by atoms with Crippen LogP contribution in [0, 0.1) is 11.8 Å². The number of amides is 1. The number of nitrogens with zero attached hydrogens (tertiary/aromatic N) is 2. The molecule has 2 unspecified atom stereocenters. The first-order chi connectivity index (χ1) is 11.8. The van der Waals surface area contributed by atoms with Gasteiger partial charge in [-0.2, -0.15) is 0 Å². The number of nitrogens with two attached hydrogens (primary N) is 1. The van der Waals surface area contributed by atoms with Gasteiger partial charge in [-0.3, -0.25) is 0 Å². The maximum absolute atomic E-state index is 12.4. The Morgan fingerprint density at radius 2 is 2.20 bits per heavy atom. The number of carbonyl (C=O) groups excluding carboxylic acids is 1. The smallest absolute Gasteiger partial charge is 0.410 e. The topological polar surface area (TPSA) is 90.8 Å². The number of aromatic nitrogens is 1. The van der Waals surface area contributed by atoms with Gasteiger partial charge in [0.15, 0.2) is 5.76 Å². The summed E-state index contributed by atoms with van der Waals surface area (Å²) >= 11 is 0. The van der Waals surface area contributed by atoms with Gasteiger partial charge in [0.1, 0.15) is 12.2 Å². The van der Waals surface area contributed by atoms with Gasteiger partial charge in [0.2, 0.25) is 0 Å². The molecule has 1 fully saturated rings. The maximum atomic E-state index is 12.4. The van der Waals surface area contributed by atoms with Crippen molar-refractivity contribution in [3.05, 3.63) is 17.5 Å². The van der Waals surface area contributed by atoms with Crippen molar-refractivity contribution in [2.45, 2.75) is 52.2 Å². The molecule has 0 spiro atoms. The summed E-state index contributed by atoms with van der Waals surface area (Å²) in [5.41, 5.74) is 6.19. The summed E-state index contributed by atoms with van der Waals surface area (Å²) in [4.78, 5) is 14.2. The third-order valence-corrected chi connectivity index (χ3v) is 4.45. The molecular formula is C18H31N3O4. The molecule has 2 N–H and O–H groups in total. The fourth-order valence-corrected chi connectivity index (χ4v) is 3.33. The average Bonchev–Trinajstić information content (AvgIpc) is 2.95. The molecule has 1 saturated heterocycles. The summed E-state index contributed by atoms with van der Waals surface area (Å²) in [6.07, 6.45) is 2.40. The minimum atomic E-state index is -0.484. The van der Waals surface area contributed by atoms with E-state index in [4.69, 9.17) is 19.7 Å². The van der Waals surface area contributed by atoms with E-state index in [-0.39, 0.29) is 6.09 Å². The average molecular weight is 353 g/mol. The van der Waals surface area contributed by atoms with Crippen LogP contribution in [-0.2, 0) is 22.5 Å². The second-order valence-corrected chi connectivity index (χ2v) is 7.73. The van der Waals surface area contributed by atoms with E-state index in [9.17, 15) is 4.79 Å². The minimum Gasteiger partial charge on any atom is -0.444 e. The molecule has 1 aliphatic rings. The van der Waals surface area contributed by atoms with Crippen molar-refractivity contribution in [1.82, 2.24) is 10.1 Å². The van der Waals surface area contributed by atoms with Crippen molar-refractivity contribution >= 4 is 6.09 Å². The highest BCUT2D eigenvalue weighted by Gasteiger charge is 2.33. The van der Waals surface area contributed by atoms with Gasteiger partial charge >= 0.3 is 6.09 Å². The number of hydrogen-bond acceptors (Lipinski definition) is 6. The summed E-state index contributed by atoms with van der Waals surface area (Å²) in [5.74, 6) is 1.49. The highest BCUT2D eigenvalue weighted by atomic mass is 16.6. The van der Waals surface area contributed by atoms with Crippen LogP contribution < -0.4 is 5.73 Å². The molecule has 25 heavy (non-hydrogen) atoms. The zero-order valence-electron chi connectivity index (χ0n) is 15.8. The van der Waals surface area contributed by atoms with Gasteiger partial charge in [-0.05, 0) is 58.4 Å². The molecule has 1 aromatic rings. The Morgan fingerprint density at radius 3 is 2.84 bits per heavy atom. The van der Waals surface area contributed by atoms with E-state index >= 15 is 0 Å². The molecule has 0 radical (unpaired) electrons. The maximum Gasteiger partial charge on any atom is 0.410 e. The van der Waals surface area contributed by atoms with Gasteiger partial charge in [0, 0.05) is 26.3 Å². The van der Waals surface area contributed by atoms with Crippen LogP contribution >= 0.6 is 0 Å². The Morgan fingerprint density at radius 1 is 1.44 bits per heavy atom. The Hall–Kier alpha value is -1.60. The second kappa shape index (κ2) is 8.67. The number of hydrogen-bond donors (Lipinski definition) is 1. The largest absolute Gasteiger partial charge is 0.444 e. The van der Waals surface area contributed by atoms with Crippen molar-refractivity contribution in [1.29, 1.82) is 0 Å². The van der Waals surface area contributed by atoms with E-state index in [0.29, 0.717) is 43.8 Å². The lowest BCUT2D eigenvalue weighted by Gasteiger charge is -2.39.